The van der Waals surface area contributed by atoms with Crippen LogP contribution in [0.2, 0.25) is 0 Å². The molecule has 0 aliphatic carbocycles. The molecule has 2 aliphatic rings. The van der Waals surface area contributed by atoms with E-state index in [4.69, 9.17) is 9.84 Å². The number of hydrogen-bond donors (Lipinski definition) is 1. The minimum absolute atomic E-state index is 0.116. The summed E-state index contributed by atoms with van der Waals surface area (Å²) in [4.78, 5) is 22.3. The van der Waals surface area contributed by atoms with Gasteiger partial charge < -0.3 is 19.6 Å². The largest absolute Gasteiger partial charge is 0.512 e. The zero-order valence-corrected chi connectivity index (χ0v) is 19.3. The van der Waals surface area contributed by atoms with Gasteiger partial charge in [0.05, 0.1) is 0 Å². The Balaban J connectivity index is 1.18. The lowest BCUT2D eigenvalue weighted by molar-refractivity contribution is 0.142. The van der Waals surface area contributed by atoms with Crippen molar-refractivity contribution in [3.8, 4) is 5.88 Å². The van der Waals surface area contributed by atoms with E-state index in [1.54, 1.807) is 12.1 Å². The average Bonchev–Trinajstić information content (AvgIpc) is 3.02. The molecule has 34 heavy (non-hydrogen) atoms. The minimum Gasteiger partial charge on any atom is -0.449 e. The number of aryl methyl sites for hydroxylation is 2. The van der Waals surface area contributed by atoms with Crippen molar-refractivity contribution in [3.05, 3.63) is 77.9 Å². The van der Waals surface area contributed by atoms with Crippen molar-refractivity contribution >= 4 is 23.3 Å². The molecule has 7 nitrogen and oxygen atoms in total. The Hall–Kier alpha value is -3.58. The van der Waals surface area contributed by atoms with Crippen LogP contribution >= 0.6 is 0 Å². The summed E-state index contributed by atoms with van der Waals surface area (Å²) in [5, 5.41) is 8.82. The Bertz CT molecular complexity index is 1100. The topological polar surface area (TPSA) is 69.1 Å². The molecule has 7 heteroatoms. The van der Waals surface area contributed by atoms with Gasteiger partial charge in [-0.15, -0.1) is 0 Å². The van der Waals surface area contributed by atoms with Crippen LogP contribution in [0.1, 0.15) is 17.5 Å². The number of carbonyl (C=O) groups is 1. The molecule has 0 unspecified atom stereocenters. The van der Waals surface area contributed by atoms with Crippen LogP contribution in [0, 0.1) is 0 Å². The molecule has 3 heterocycles. The fourth-order valence-electron chi connectivity index (χ4n) is 4.99. The van der Waals surface area contributed by atoms with Crippen molar-refractivity contribution in [2.45, 2.75) is 19.3 Å². The lowest BCUT2D eigenvalue weighted by Crippen LogP contribution is -2.47. The molecular weight excluding hydrogens is 428 g/mol. The van der Waals surface area contributed by atoms with E-state index in [2.05, 4.69) is 68.2 Å². The Morgan fingerprint density at radius 1 is 0.824 bits per heavy atom. The van der Waals surface area contributed by atoms with E-state index < -0.39 is 6.16 Å². The fraction of sp³-hybridized carbons (Fsp3) is 0.333. The maximum Gasteiger partial charge on any atom is 0.512 e. The molecule has 2 aliphatic heterocycles. The first-order chi connectivity index (χ1) is 16.7. The van der Waals surface area contributed by atoms with Crippen LogP contribution in [0.3, 0.4) is 0 Å². The third kappa shape index (κ3) is 4.99. The molecule has 0 saturated carbocycles. The number of piperazine rings is 1. The highest BCUT2D eigenvalue weighted by Crippen LogP contribution is 2.35. The number of nitrogens with zero attached hydrogens (tertiary/aromatic N) is 4. The average molecular weight is 459 g/mol. The summed E-state index contributed by atoms with van der Waals surface area (Å²) < 4.78 is 4.70. The minimum atomic E-state index is -1.34. The highest BCUT2D eigenvalue weighted by molar-refractivity contribution is 5.71. The smallest absolute Gasteiger partial charge is 0.449 e. The highest BCUT2D eigenvalue weighted by atomic mass is 16.7. The van der Waals surface area contributed by atoms with Gasteiger partial charge in [-0.1, -0.05) is 42.5 Å². The van der Waals surface area contributed by atoms with Crippen LogP contribution in [0.15, 0.2) is 66.7 Å². The SMILES string of the molecule is O=C(O)Oc1cccc(N2CCN(CCCN3c4ccccc4CCc4ccccc43)CC2)n1. The van der Waals surface area contributed by atoms with Gasteiger partial charge in [-0.3, -0.25) is 4.90 Å². The Labute approximate surface area is 200 Å². The van der Waals surface area contributed by atoms with Gasteiger partial charge >= 0.3 is 6.16 Å². The van der Waals surface area contributed by atoms with E-state index in [9.17, 15) is 4.79 Å². The molecule has 2 aromatic carbocycles. The van der Waals surface area contributed by atoms with E-state index >= 15 is 0 Å². The summed E-state index contributed by atoms with van der Waals surface area (Å²) in [7, 11) is 0. The zero-order chi connectivity index (χ0) is 23.3. The summed E-state index contributed by atoms with van der Waals surface area (Å²) in [6.07, 6.45) is 1.91. The van der Waals surface area contributed by atoms with Crippen LogP contribution in [-0.4, -0.2) is 60.4 Å². The Morgan fingerprint density at radius 3 is 2.12 bits per heavy atom. The van der Waals surface area contributed by atoms with Gasteiger partial charge in [0.2, 0.25) is 5.88 Å². The lowest BCUT2D eigenvalue weighted by Gasteiger charge is -2.36. The van der Waals surface area contributed by atoms with Gasteiger partial charge in [-0.2, -0.15) is 4.98 Å². The van der Waals surface area contributed by atoms with Crippen molar-refractivity contribution in [1.29, 1.82) is 0 Å². The molecule has 1 N–H and O–H groups in total. The molecule has 1 saturated heterocycles. The third-order valence-corrected chi connectivity index (χ3v) is 6.68. The maximum absolute atomic E-state index is 10.8. The Morgan fingerprint density at radius 2 is 1.47 bits per heavy atom. The second-order valence-electron chi connectivity index (χ2n) is 8.79. The van der Waals surface area contributed by atoms with Crippen LogP contribution in [-0.2, 0) is 12.8 Å². The quantitative estimate of drug-likeness (QED) is 0.542. The first-order valence-corrected chi connectivity index (χ1v) is 12.0. The molecule has 0 bridgehead atoms. The van der Waals surface area contributed by atoms with E-state index in [0.717, 1.165) is 64.3 Å². The predicted octanol–water partition coefficient (Wildman–Crippen LogP) is 4.59. The third-order valence-electron chi connectivity index (χ3n) is 6.68. The van der Waals surface area contributed by atoms with Crippen molar-refractivity contribution in [2.24, 2.45) is 0 Å². The first kappa shape index (κ1) is 22.2. The van der Waals surface area contributed by atoms with Crippen LogP contribution < -0.4 is 14.5 Å². The fourth-order valence-corrected chi connectivity index (χ4v) is 4.99. The molecule has 0 amide bonds. The number of carboxylic acid groups (broad SMARTS) is 1. The number of ether oxygens (including phenoxy) is 1. The molecule has 0 spiro atoms. The molecular formula is C27H30N4O3. The normalized spacial score (nSPS) is 15.9. The monoisotopic (exact) mass is 458 g/mol. The van der Waals surface area contributed by atoms with Crippen molar-refractivity contribution in [3.63, 3.8) is 0 Å². The summed E-state index contributed by atoms with van der Waals surface area (Å²) in [5.74, 6) is 0.877. The lowest BCUT2D eigenvalue weighted by atomic mass is 10.0. The number of para-hydroxylation sites is 2. The number of pyridine rings is 1. The summed E-state index contributed by atoms with van der Waals surface area (Å²) in [6.45, 7) is 5.67. The zero-order valence-electron chi connectivity index (χ0n) is 19.3. The van der Waals surface area contributed by atoms with Crippen LogP contribution in [0.4, 0.5) is 22.0 Å². The van der Waals surface area contributed by atoms with Gasteiger partial charge in [0, 0.05) is 50.2 Å². The van der Waals surface area contributed by atoms with E-state index in [1.807, 2.05) is 6.07 Å². The van der Waals surface area contributed by atoms with Crippen LogP contribution in [0.5, 0.6) is 5.88 Å². The second kappa shape index (κ2) is 10.1. The van der Waals surface area contributed by atoms with Crippen LogP contribution in [0.25, 0.3) is 0 Å². The number of fused-ring (bicyclic) bond motifs is 2. The van der Waals surface area contributed by atoms with Gasteiger partial charge in [0.15, 0.2) is 0 Å². The van der Waals surface area contributed by atoms with Gasteiger partial charge in [-0.25, -0.2) is 4.79 Å². The molecule has 5 rings (SSSR count). The van der Waals surface area contributed by atoms with E-state index in [-0.39, 0.29) is 5.88 Å². The summed E-state index contributed by atoms with van der Waals surface area (Å²) in [5.41, 5.74) is 5.53. The Kier molecular flexibility index (Phi) is 6.62. The molecule has 176 valence electrons. The summed E-state index contributed by atoms with van der Waals surface area (Å²) in [6, 6.07) is 22.9. The predicted molar refractivity (Wildman–Crippen MR) is 133 cm³/mol. The number of benzene rings is 2. The van der Waals surface area contributed by atoms with Gasteiger partial charge in [0.1, 0.15) is 5.82 Å². The van der Waals surface area contributed by atoms with Crippen molar-refractivity contribution in [2.75, 3.05) is 49.1 Å². The number of aromatic nitrogens is 1. The number of rotatable bonds is 6. The second-order valence-corrected chi connectivity index (χ2v) is 8.79. The molecule has 0 radical (unpaired) electrons. The maximum atomic E-state index is 10.8. The standard InChI is InChI=1S/C27H30N4O3/c32-27(33)34-26-12-5-11-25(28-26)30-19-17-29(18-20-30)15-6-16-31-23-9-3-1-7-21(23)13-14-22-8-2-4-10-24(22)31/h1-5,7-12H,6,13-20H2,(H,32,33). The van der Waals surface area contributed by atoms with E-state index in [0.29, 0.717) is 0 Å². The molecule has 1 aromatic heterocycles. The molecule has 0 atom stereocenters. The van der Waals surface area contributed by atoms with Gasteiger partial charge in [-0.05, 0) is 55.1 Å². The van der Waals surface area contributed by atoms with E-state index in [1.165, 1.54) is 22.5 Å². The first-order valence-electron chi connectivity index (χ1n) is 12.0. The number of anilines is 3. The molecule has 3 aromatic rings. The summed E-state index contributed by atoms with van der Waals surface area (Å²) >= 11 is 0. The molecule has 1 fully saturated rings. The van der Waals surface area contributed by atoms with Gasteiger partial charge in [0.25, 0.3) is 0 Å². The van der Waals surface area contributed by atoms with Crippen molar-refractivity contribution < 1.29 is 14.6 Å². The highest BCUT2D eigenvalue weighted by Gasteiger charge is 2.22. The van der Waals surface area contributed by atoms with Crippen molar-refractivity contribution in [1.82, 2.24) is 9.88 Å². The number of hydrogen-bond acceptors (Lipinski definition) is 6.